The number of hydrogen-bond donors (Lipinski definition) is 1. The Hall–Kier alpha value is -1.55. The number of nitrogens with zero attached hydrogens (tertiary/aromatic N) is 1. The van der Waals surface area contributed by atoms with Crippen LogP contribution in [0.25, 0.3) is 0 Å². The van der Waals surface area contributed by atoms with E-state index in [0.29, 0.717) is 6.61 Å². The molecule has 1 N–H and O–H groups in total. The zero-order valence-electron chi connectivity index (χ0n) is 9.97. The van der Waals surface area contributed by atoms with E-state index in [1.54, 1.807) is 6.20 Å². The first-order valence-electron chi connectivity index (χ1n) is 5.88. The average molecular weight is 307 g/mol. The molecule has 0 fully saturated rings. The molecule has 4 heteroatoms. The molecule has 0 spiro atoms. The summed E-state index contributed by atoms with van der Waals surface area (Å²) in [6, 6.07) is 13.7. The standard InChI is InChI=1S/C14H15BrN2O/c15-13-8-4-9-16-14(13)17-10-5-11-18-12-6-2-1-3-7-12/h1-4,6-9H,5,10-11H2,(H,16,17). The van der Waals surface area contributed by atoms with E-state index in [0.717, 1.165) is 29.0 Å². The lowest BCUT2D eigenvalue weighted by Crippen LogP contribution is -2.08. The predicted octanol–water partition coefficient (Wildman–Crippen LogP) is 3.73. The number of hydrogen-bond acceptors (Lipinski definition) is 3. The molecule has 0 radical (unpaired) electrons. The third kappa shape index (κ3) is 4.04. The van der Waals surface area contributed by atoms with Gasteiger partial charge >= 0.3 is 0 Å². The van der Waals surface area contributed by atoms with Gasteiger partial charge in [0.05, 0.1) is 11.1 Å². The molecular weight excluding hydrogens is 292 g/mol. The number of anilines is 1. The summed E-state index contributed by atoms with van der Waals surface area (Å²) in [6.45, 7) is 1.53. The normalized spacial score (nSPS) is 10.1. The summed E-state index contributed by atoms with van der Waals surface area (Å²) in [5.41, 5.74) is 0. The van der Waals surface area contributed by atoms with Crippen LogP contribution < -0.4 is 10.1 Å². The molecule has 0 bridgehead atoms. The van der Waals surface area contributed by atoms with Crippen molar-refractivity contribution in [2.45, 2.75) is 6.42 Å². The van der Waals surface area contributed by atoms with Gasteiger partial charge in [0.15, 0.2) is 0 Å². The van der Waals surface area contributed by atoms with Crippen LogP contribution >= 0.6 is 15.9 Å². The van der Waals surface area contributed by atoms with Crippen LogP contribution in [0.5, 0.6) is 5.75 Å². The number of rotatable bonds is 6. The van der Waals surface area contributed by atoms with Gasteiger partial charge in [-0.1, -0.05) is 18.2 Å². The zero-order chi connectivity index (χ0) is 12.6. The minimum atomic E-state index is 0.696. The van der Waals surface area contributed by atoms with Crippen molar-refractivity contribution in [3.05, 3.63) is 53.1 Å². The maximum atomic E-state index is 5.60. The third-order valence-corrected chi connectivity index (χ3v) is 3.02. The van der Waals surface area contributed by atoms with Gasteiger partial charge in [-0.15, -0.1) is 0 Å². The van der Waals surface area contributed by atoms with E-state index in [2.05, 4.69) is 26.2 Å². The first-order chi connectivity index (χ1) is 8.86. The van der Waals surface area contributed by atoms with Crippen molar-refractivity contribution in [2.24, 2.45) is 0 Å². The van der Waals surface area contributed by atoms with Gasteiger partial charge in [0.1, 0.15) is 11.6 Å². The maximum absolute atomic E-state index is 5.60. The van der Waals surface area contributed by atoms with Crippen LogP contribution in [0.3, 0.4) is 0 Å². The fourth-order valence-electron chi connectivity index (χ4n) is 1.50. The quantitative estimate of drug-likeness (QED) is 0.826. The molecule has 0 aliphatic rings. The van der Waals surface area contributed by atoms with Gasteiger partial charge in [-0.3, -0.25) is 0 Å². The van der Waals surface area contributed by atoms with E-state index >= 15 is 0 Å². The molecular formula is C14H15BrN2O. The van der Waals surface area contributed by atoms with Gasteiger partial charge in [-0.05, 0) is 46.6 Å². The van der Waals surface area contributed by atoms with Crippen LogP contribution in [0.1, 0.15) is 6.42 Å². The van der Waals surface area contributed by atoms with Crippen molar-refractivity contribution in [2.75, 3.05) is 18.5 Å². The molecule has 0 saturated carbocycles. The van der Waals surface area contributed by atoms with Crippen molar-refractivity contribution in [3.8, 4) is 5.75 Å². The minimum absolute atomic E-state index is 0.696. The second-order valence-electron chi connectivity index (χ2n) is 3.78. The fourth-order valence-corrected chi connectivity index (χ4v) is 1.90. The largest absolute Gasteiger partial charge is 0.494 e. The first-order valence-corrected chi connectivity index (χ1v) is 6.68. The molecule has 2 rings (SSSR count). The number of aromatic nitrogens is 1. The molecule has 3 nitrogen and oxygen atoms in total. The molecule has 1 aromatic heterocycles. The van der Waals surface area contributed by atoms with Gasteiger partial charge in [-0.25, -0.2) is 4.98 Å². The van der Waals surface area contributed by atoms with E-state index < -0.39 is 0 Å². The Morgan fingerprint density at radius 3 is 2.72 bits per heavy atom. The summed E-state index contributed by atoms with van der Waals surface area (Å²) < 4.78 is 6.58. The highest BCUT2D eigenvalue weighted by molar-refractivity contribution is 9.10. The van der Waals surface area contributed by atoms with Crippen molar-refractivity contribution in [1.29, 1.82) is 0 Å². The number of para-hydroxylation sites is 1. The molecule has 1 heterocycles. The highest BCUT2D eigenvalue weighted by atomic mass is 79.9. The maximum Gasteiger partial charge on any atom is 0.140 e. The summed E-state index contributed by atoms with van der Waals surface area (Å²) in [6.07, 6.45) is 2.70. The summed E-state index contributed by atoms with van der Waals surface area (Å²) in [4.78, 5) is 4.24. The van der Waals surface area contributed by atoms with Gasteiger partial charge in [0.25, 0.3) is 0 Å². The molecule has 0 aliphatic heterocycles. The number of nitrogens with one attached hydrogen (secondary N) is 1. The van der Waals surface area contributed by atoms with Crippen molar-refractivity contribution in [1.82, 2.24) is 4.98 Å². The number of pyridine rings is 1. The van der Waals surface area contributed by atoms with Crippen molar-refractivity contribution >= 4 is 21.7 Å². The van der Waals surface area contributed by atoms with E-state index in [1.165, 1.54) is 0 Å². The first kappa shape index (κ1) is 12.9. The number of ether oxygens (including phenoxy) is 1. The molecule has 0 atom stereocenters. The second-order valence-corrected chi connectivity index (χ2v) is 4.63. The van der Waals surface area contributed by atoms with Crippen LogP contribution in [-0.4, -0.2) is 18.1 Å². The number of benzene rings is 1. The monoisotopic (exact) mass is 306 g/mol. The Morgan fingerprint density at radius 1 is 1.11 bits per heavy atom. The SMILES string of the molecule is Brc1cccnc1NCCCOc1ccccc1. The summed E-state index contributed by atoms with van der Waals surface area (Å²) in [5, 5.41) is 3.26. The molecule has 0 aliphatic carbocycles. The number of halogens is 1. The topological polar surface area (TPSA) is 34.2 Å². The Bertz CT molecular complexity index is 476. The molecule has 0 saturated heterocycles. The van der Waals surface area contributed by atoms with Crippen molar-refractivity contribution < 1.29 is 4.74 Å². The fraction of sp³-hybridized carbons (Fsp3) is 0.214. The Labute approximate surface area is 115 Å². The molecule has 18 heavy (non-hydrogen) atoms. The molecule has 94 valence electrons. The Morgan fingerprint density at radius 2 is 1.94 bits per heavy atom. The van der Waals surface area contributed by atoms with Crippen LogP contribution in [0.15, 0.2) is 53.1 Å². The predicted molar refractivity (Wildman–Crippen MR) is 77.0 cm³/mol. The van der Waals surface area contributed by atoms with Gasteiger partial charge in [0, 0.05) is 12.7 Å². The lowest BCUT2D eigenvalue weighted by atomic mass is 10.3. The highest BCUT2D eigenvalue weighted by Crippen LogP contribution is 2.17. The average Bonchev–Trinajstić information content (AvgIpc) is 2.42. The Balaban J connectivity index is 1.66. The van der Waals surface area contributed by atoms with Gasteiger partial charge in [-0.2, -0.15) is 0 Å². The minimum Gasteiger partial charge on any atom is -0.494 e. The van der Waals surface area contributed by atoms with Gasteiger partial charge < -0.3 is 10.1 Å². The molecule has 0 amide bonds. The molecule has 2 aromatic rings. The second kappa shape index (κ2) is 7.01. The summed E-state index contributed by atoms with van der Waals surface area (Å²) in [5.74, 6) is 1.79. The van der Waals surface area contributed by atoms with Gasteiger partial charge in [0.2, 0.25) is 0 Å². The smallest absolute Gasteiger partial charge is 0.140 e. The van der Waals surface area contributed by atoms with E-state index in [9.17, 15) is 0 Å². The third-order valence-electron chi connectivity index (χ3n) is 2.38. The van der Waals surface area contributed by atoms with Crippen LogP contribution in [-0.2, 0) is 0 Å². The van der Waals surface area contributed by atoms with Crippen LogP contribution in [0.2, 0.25) is 0 Å². The van der Waals surface area contributed by atoms with E-state index in [1.807, 2.05) is 42.5 Å². The van der Waals surface area contributed by atoms with Crippen molar-refractivity contribution in [3.63, 3.8) is 0 Å². The van der Waals surface area contributed by atoms with E-state index in [4.69, 9.17) is 4.74 Å². The lowest BCUT2D eigenvalue weighted by molar-refractivity contribution is 0.315. The zero-order valence-corrected chi connectivity index (χ0v) is 11.6. The lowest BCUT2D eigenvalue weighted by Gasteiger charge is -2.08. The van der Waals surface area contributed by atoms with E-state index in [-0.39, 0.29) is 0 Å². The Kier molecular flexibility index (Phi) is 5.02. The molecule has 1 aromatic carbocycles. The highest BCUT2D eigenvalue weighted by Gasteiger charge is 1.98. The molecule has 0 unspecified atom stereocenters. The summed E-state index contributed by atoms with van der Waals surface area (Å²) >= 11 is 3.45. The van der Waals surface area contributed by atoms with Crippen LogP contribution in [0, 0.1) is 0 Å². The van der Waals surface area contributed by atoms with Crippen LogP contribution in [0.4, 0.5) is 5.82 Å². The summed E-state index contributed by atoms with van der Waals surface area (Å²) in [7, 11) is 0.